The Labute approximate surface area is 125 Å². The molecule has 1 N–H and O–H groups in total. The Morgan fingerprint density at radius 2 is 2.10 bits per heavy atom. The van der Waals surface area contributed by atoms with E-state index in [1.165, 1.54) is 24.2 Å². The molecule has 3 rings (SSSR count). The number of nitrogens with one attached hydrogen (secondary N) is 1. The van der Waals surface area contributed by atoms with E-state index in [4.69, 9.17) is 0 Å². The minimum Gasteiger partial charge on any atom is -0.310 e. The minimum atomic E-state index is -3.32. The normalized spacial score (nSPS) is 21.4. The summed E-state index contributed by atoms with van der Waals surface area (Å²) in [7, 11) is -1.61. The van der Waals surface area contributed by atoms with Gasteiger partial charge in [-0.1, -0.05) is 0 Å². The van der Waals surface area contributed by atoms with Crippen LogP contribution in [0.5, 0.6) is 0 Å². The summed E-state index contributed by atoms with van der Waals surface area (Å²) in [6.07, 6.45) is 4.80. The molecular weight excluding hydrogens is 292 g/mol. The average molecular weight is 314 g/mol. The zero-order chi connectivity index (χ0) is 14.3. The highest BCUT2D eigenvalue weighted by Crippen LogP contribution is 2.37. The molecule has 1 aromatic heterocycles. The molecule has 1 aromatic rings. The Morgan fingerprint density at radius 1 is 1.40 bits per heavy atom. The van der Waals surface area contributed by atoms with Crippen molar-refractivity contribution >= 4 is 21.4 Å². The summed E-state index contributed by atoms with van der Waals surface area (Å²) in [6, 6.07) is 2.58. The summed E-state index contributed by atoms with van der Waals surface area (Å²) in [5, 5.41) is 5.37. The third-order valence-corrected chi connectivity index (χ3v) is 7.72. The number of thiophene rings is 1. The molecule has 2 aliphatic rings. The highest BCUT2D eigenvalue weighted by Gasteiger charge is 2.36. The van der Waals surface area contributed by atoms with Crippen LogP contribution in [0, 0.1) is 5.92 Å². The van der Waals surface area contributed by atoms with Gasteiger partial charge in [0.1, 0.15) is 4.21 Å². The van der Waals surface area contributed by atoms with Crippen molar-refractivity contribution in [3.63, 3.8) is 0 Å². The first-order valence-electron chi connectivity index (χ1n) is 7.27. The van der Waals surface area contributed by atoms with Crippen LogP contribution in [-0.4, -0.2) is 31.9 Å². The van der Waals surface area contributed by atoms with Crippen molar-refractivity contribution in [2.24, 2.45) is 5.92 Å². The molecule has 0 aromatic carbocycles. The lowest BCUT2D eigenvalue weighted by Gasteiger charge is -2.23. The summed E-state index contributed by atoms with van der Waals surface area (Å²) in [6.45, 7) is 2.79. The van der Waals surface area contributed by atoms with E-state index in [0.29, 0.717) is 16.2 Å². The number of sulfonamides is 1. The fraction of sp³-hybridized carbons (Fsp3) is 0.714. The van der Waals surface area contributed by atoms with E-state index < -0.39 is 10.0 Å². The third-order valence-electron chi connectivity index (χ3n) is 4.31. The van der Waals surface area contributed by atoms with Crippen LogP contribution >= 0.6 is 11.3 Å². The molecule has 6 heteroatoms. The molecule has 4 nitrogen and oxygen atoms in total. The second kappa shape index (κ2) is 5.40. The van der Waals surface area contributed by atoms with Gasteiger partial charge in [-0.3, -0.25) is 0 Å². The Bertz CT molecular complexity index is 574. The van der Waals surface area contributed by atoms with E-state index in [0.717, 1.165) is 24.9 Å². The van der Waals surface area contributed by atoms with Crippen LogP contribution in [0.4, 0.5) is 0 Å². The van der Waals surface area contributed by atoms with Gasteiger partial charge < -0.3 is 5.32 Å². The fourth-order valence-electron chi connectivity index (χ4n) is 2.37. The number of hydrogen-bond acceptors (Lipinski definition) is 4. The van der Waals surface area contributed by atoms with Crippen molar-refractivity contribution in [2.75, 3.05) is 7.05 Å². The van der Waals surface area contributed by atoms with Gasteiger partial charge in [-0.2, -0.15) is 4.31 Å². The monoisotopic (exact) mass is 314 g/mol. The van der Waals surface area contributed by atoms with E-state index in [9.17, 15) is 8.42 Å². The summed E-state index contributed by atoms with van der Waals surface area (Å²) < 4.78 is 27.2. The molecule has 0 aliphatic heterocycles. The van der Waals surface area contributed by atoms with Crippen molar-refractivity contribution < 1.29 is 8.42 Å². The van der Waals surface area contributed by atoms with Gasteiger partial charge in [0.15, 0.2) is 0 Å². The van der Waals surface area contributed by atoms with Crippen LogP contribution in [-0.2, 0) is 16.6 Å². The van der Waals surface area contributed by atoms with Crippen molar-refractivity contribution in [2.45, 2.75) is 55.4 Å². The zero-order valence-corrected chi connectivity index (χ0v) is 13.6. The van der Waals surface area contributed by atoms with Gasteiger partial charge in [0.25, 0.3) is 10.0 Å². The van der Waals surface area contributed by atoms with Crippen LogP contribution in [0.25, 0.3) is 0 Å². The fourth-order valence-corrected chi connectivity index (χ4v) is 5.18. The van der Waals surface area contributed by atoms with Crippen LogP contribution in [0.3, 0.4) is 0 Å². The van der Waals surface area contributed by atoms with Gasteiger partial charge in [0, 0.05) is 25.7 Å². The molecule has 1 heterocycles. The van der Waals surface area contributed by atoms with Gasteiger partial charge in [-0.05, 0) is 55.5 Å². The quantitative estimate of drug-likeness (QED) is 0.841. The van der Waals surface area contributed by atoms with Gasteiger partial charge >= 0.3 is 0 Å². The second-order valence-corrected chi connectivity index (χ2v) is 9.16. The summed E-state index contributed by atoms with van der Waals surface area (Å²) in [5.41, 5.74) is 1.08. The van der Waals surface area contributed by atoms with Crippen LogP contribution in [0.15, 0.2) is 15.7 Å². The maximum atomic E-state index is 12.6. The molecule has 2 aliphatic carbocycles. The zero-order valence-electron chi connectivity index (χ0n) is 12.0. The molecule has 0 saturated heterocycles. The number of nitrogens with zero attached hydrogens (tertiary/aromatic N) is 1. The van der Waals surface area contributed by atoms with Crippen molar-refractivity contribution in [3.8, 4) is 0 Å². The largest absolute Gasteiger partial charge is 0.310 e. The van der Waals surface area contributed by atoms with E-state index in [1.807, 2.05) is 18.4 Å². The SMILES string of the molecule is CC(C1CC1)N(C)S(=O)(=O)c1cc(CNC2CC2)cs1. The van der Waals surface area contributed by atoms with Crippen LogP contribution in [0.2, 0.25) is 0 Å². The molecule has 0 bridgehead atoms. The Kier molecular flexibility index (Phi) is 3.92. The highest BCUT2D eigenvalue weighted by atomic mass is 32.2. The predicted molar refractivity (Wildman–Crippen MR) is 81.3 cm³/mol. The molecule has 2 saturated carbocycles. The van der Waals surface area contributed by atoms with Crippen LogP contribution in [0.1, 0.15) is 38.2 Å². The molecule has 1 unspecified atom stereocenters. The Balaban J connectivity index is 1.69. The van der Waals surface area contributed by atoms with E-state index in [1.54, 1.807) is 11.4 Å². The summed E-state index contributed by atoms with van der Waals surface area (Å²) >= 11 is 1.34. The predicted octanol–water partition coefficient (Wildman–Crippen LogP) is 2.42. The maximum Gasteiger partial charge on any atom is 0.252 e. The molecule has 1 atom stereocenters. The van der Waals surface area contributed by atoms with Gasteiger partial charge in [0.05, 0.1) is 0 Å². The van der Waals surface area contributed by atoms with Gasteiger partial charge in [-0.15, -0.1) is 11.3 Å². The standard InChI is InChI=1S/C14H22N2O2S2/c1-10(12-3-4-12)16(2)20(17,18)14-7-11(9-19-14)8-15-13-5-6-13/h7,9-10,12-13,15H,3-6,8H2,1-2H3. The van der Waals surface area contributed by atoms with E-state index in [-0.39, 0.29) is 6.04 Å². The molecule has 20 heavy (non-hydrogen) atoms. The third kappa shape index (κ3) is 3.08. The lowest BCUT2D eigenvalue weighted by Crippen LogP contribution is -2.36. The number of rotatable bonds is 7. The Morgan fingerprint density at radius 3 is 2.70 bits per heavy atom. The first-order valence-corrected chi connectivity index (χ1v) is 9.59. The first kappa shape index (κ1) is 14.5. The molecule has 0 amide bonds. The second-order valence-electron chi connectivity index (χ2n) is 6.03. The van der Waals surface area contributed by atoms with Gasteiger partial charge in [-0.25, -0.2) is 8.42 Å². The molecular formula is C14H22N2O2S2. The maximum absolute atomic E-state index is 12.6. The average Bonchev–Trinajstić information content (AvgIpc) is 3.34. The lowest BCUT2D eigenvalue weighted by atomic mass is 10.2. The molecule has 112 valence electrons. The smallest absolute Gasteiger partial charge is 0.252 e. The van der Waals surface area contributed by atoms with Crippen LogP contribution < -0.4 is 5.32 Å². The molecule has 0 spiro atoms. The van der Waals surface area contributed by atoms with Gasteiger partial charge in [0.2, 0.25) is 0 Å². The molecule has 2 fully saturated rings. The topological polar surface area (TPSA) is 49.4 Å². The minimum absolute atomic E-state index is 0.107. The van der Waals surface area contributed by atoms with Crippen molar-refractivity contribution in [1.29, 1.82) is 0 Å². The summed E-state index contributed by atoms with van der Waals surface area (Å²) in [5.74, 6) is 0.547. The highest BCUT2D eigenvalue weighted by molar-refractivity contribution is 7.91. The van der Waals surface area contributed by atoms with Crippen molar-refractivity contribution in [3.05, 3.63) is 17.0 Å². The van der Waals surface area contributed by atoms with Crippen molar-refractivity contribution in [1.82, 2.24) is 9.62 Å². The first-order chi connectivity index (χ1) is 9.48. The molecule has 0 radical (unpaired) electrons. The summed E-state index contributed by atoms with van der Waals surface area (Å²) in [4.78, 5) is 0. The number of hydrogen-bond donors (Lipinski definition) is 1. The Hall–Kier alpha value is -0.430. The lowest BCUT2D eigenvalue weighted by molar-refractivity contribution is 0.358. The van der Waals surface area contributed by atoms with E-state index >= 15 is 0 Å². The van der Waals surface area contributed by atoms with E-state index in [2.05, 4.69) is 5.32 Å².